The second-order valence-electron chi connectivity index (χ2n) is 4.41. The lowest BCUT2D eigenvalue weighted by Crippen LogP contribution is -2.04. The summed E-state index contributed by atoms with van der Waals surface area (Å²) in [5, 5.41) is 12.0. The van der Waals surface area contributed by atoms with Gasteiger partial charge < -0.3 is 16.2 Å². The van der Waals surface area contributed by atoms with Gasteiger partial charge in [-0.3, -0.25) is 0 Å². The van der Waals surface area contributed by atoms with Crippen LogP contribution in [0.5, 0.6) is 0 Å². The zero-order valence-corrected chi connectivity index (χ0v) is 10.8. The largest absolute Gasteiger partial charge is 0.478 e. The van der Waals surface area contributed by atoms with E-state index < -0.39 is 5.97 Å². The molecule has 2 rings (SSSR count). The summed E-state index contributed by atoms with van der Waals surface area (Å²) in [7, 11) is 0. The van der Waals surface area contributed by atoms with Crippen molar-refractivity contribution in [3.05, 3.63) is 47.2 Å². The molecule has 0 atom stereocenters. The maximum absolute atomic E-state index is 10.8. The summed E-state index contributed by atoms with van der Waals surface area (Å²) < 4.78 is 0. The Morgan fingerprint density at radius 1 is 1.32 bits per heavy atom. The topological polar surface area (TPSA) is 88.2 Å². The van der Waals surface area contributed by atoms with Gasteiger partial charge in [0.05, 0.1) is 11.3 Å². The molecule has 0 unspecified atom stereocenters. The molecule has 0 spiro atoms. The molecule has 0 saturated heterocycles. The van der Waals surface area contributed by atoms with Crippen molar-refractivity contribution in [2.45, 2.75) is 13.8 Å². The molecule has 5 nitrogen and oxygen atoms in total. The molecule has 0 aliphatic carbocycles. The van der Waals surface area contributed by atoms with Crippen LogP contribution < -0.4 is 11.1 Å². The van der Waals surface area contributed by atoms with Crippen LogP contribution in [0, 0.1) is 13.8 Å². The first-order valence-electron chi connectivity index (χ1n) is 5.80. The fourth-order valence-corrected chi connectivity index (χ4v) is 1.70. The van der Waals surface area contributed by atoms with E-state index in [9.17, 15) is 4.79 Å². The molecule has 1 aromatic heterocycles. The molecule has 0 radical (unpaired) electrons. The third kappa shape index (κ3) is 2.82. The molecular weight excluding hydrogens is 242 g/mol. The standard InChI is InChI=1S/C14H15N3O2/c1-8-3-4-9(2)12(5-8)17-13-11(15)6-10(7-16-13)14(18)19/h3-7H,15H2,1-2H3,(H,16,17)(H,18,19). The quantitative estimate of drug-likeness (QED) is 0.786. The fourth-order valence-electron chi connectivity index (χ4n) is 1.70. The van der Waals surface area contributed by atoms with Crippen molar-refractivity contribution in [3.8, 4) is 0 Å². The van der Waals surface area contributed by atoms with Gasteiger partial charge in [0, 0.05) is 11.9 Å². The molecule has 1 aromatic carbocycles. The highest BCUT2D eigenvalue weighted by Crippen LogP contribution is 2.24. The van der Waals surface area contributed by atoms with Crippen LogP contribution in [-0.2, 0) is 0 Å². The van der Waals surface area contributed by atoms with Crippen LogP contribution >= 0.6 is 0 Å². The van der Waals surface area contributed by atoms with E-state index in [0.29, 0.717) is 11.5 Å². The first-order chi connectivity index (χ1) is 8.97. The predicted octanol–water partition coefficient (Wildman–Crippen LogP) is 2.72. The monoisotopic (exact) mass is 257 g/mol. The molecule has 0 saturated carbocycles. The Balaban J connectivity index is 2.33. The van der Waals surface area contributed by atoms with Crippen molar-refractivity contribution in [1.29, 1.82) is 0 Å². The number of aromatic carboxylic acids is 1. The summed E-state index contributed by atoms with van der Waals surface area (Å²) in [6, 6.07) is 7.40. The second kappa shape index (κ2) is 4.97. The van der Waals surface area contributed by atoms with Crippen molar-refractivity contribution in [3.63, 3.8) is 0 Å². The molecule has 5 heteroatoms. The molecule has 0 aliphatic rings. The minimum absolute atomic E-state index is 0.0732. The lowest BCUT2D eigenvalue weighted by Gasteiger charge is -2.11. The van der Waals surface area contributed by atoms with Gasteiger partial charge in [-0.15, -0.1) is 0 Å². The molecular formula is C14H15N3O2. The number of hydrogen-bond acceptors (Lipinski definition) is 4. The average molecular weight is 257 g/mol. The lowest BCUT2D eigenvalue weighted by molar-refractivity contribution is 0.0696. The number of carboxylic acid groups (broad SMARTS) is 1. The number of nitrogens with zero attached hydrogens (tertiary/aromatic N) is 1. The van der Waals surface area contributed by atoms with Crippen LogP contribution in [0.4, 0.5) is 17.2 Å². The van der Waals surface area contributed by atoms with Crippen LogP contribution in [0.1, 0.15) is 21.5 Å². The number of nitrogens with one attached hydrogen (secondary N) is 1. The van der Waals surface area contributed by atoms with Gasteiger partial charge in [-0.1, -0.05) is 12.1 Å². The third-order valence-electron chi connectivity index (χ3n) is 2.81. The third-order valence-corrected chi connectivity index (χ3v) is 2.81. The van der Waals surface area contributed by atoms with E-state index in [4.69, 9.17) is 10.8 Å². The summed E-state index contributed by atoms with van der Waals surface area (Å²) >= 11 is 0. The van der Waals surface area contributed by atoms with Gasteiger partial charge in [0.25, 0.3) is 0 Å². The summed E-state index contributed by atoms with van der Waals surface area (Å²) in [6.07, 6.45) is 1.28. The van der Waals surface area contributed by atoms with Gasteiger partial charge in [0.1, 0.15) is 0 Å². The maximum Gasteiger partial charge on any atom is 0.337 e. The number of pyridine rings is 1. The van der Waals surface area contributed by atoms with Crippen LogP contribution in [0.25, 0.3) is 0 Å². The number of hydrogen-bond donors (Lipinski definition) is 3. The van der Waals surface area contributed by atoms with Crippen molar-refractivity contribution in [2.24, 2.45) is 0 Å². The number of benzene rings is 1. The van der Waals surface area contributed by atoms with Crippen molar-refractivity contribution in [1.82, 2.24) is 4.98 Å². The Morgan fingerprint density at radius 2 is 2.05 bits per heavy atom. The zero-order valence-electron chi connectivity index (χ0n) is 10.8. The second-order valence-corrected chi connectivity index (χ2v) is 4.41. The molecule has 1 heterocycles. The number of carbonyl (C=O) groups is 1. The smallest absolute Gasteiger partial charge is 0.337 e. The van der Waals surface area contributed by atoms with Gasteiger partial charge >= 0.3 is 5.97 Å². The van der Waals surface area contributed by atoms with E-state index >= 15 is 0 Å². The SMILES string of the molecule is Cc1ccc(C)c(Nc2ncc(C(=O)O)cc2N)c1. The number of rotatable bonds is 3. The number of nitrogen functional groups attached to an aromatic ring is 1. The van der Waals surface area contributed by atoms with E-state index in [1.165, 1.54) is 12.3 Å². The predicted molar refractivity (Wildman–Crippen MR) is 74.8 cm³/mol. The minimum Gasteiger partial charge on any atom is -0.478 e. The van der Waals surface area contributed by atoms with E-state index in [-0.39, 0.29) is 5.56 Å². The number of carboxylic acids is 1. The molecule has 19 heavy (non-hydrogen) atoms. The molecule has 0 bridgehead atoms. The summed E-state index contributed by atoms with van der Waals surface area (Å²) in [4.78, 5) is 14.9. The van der Waals surface area contributed by atoms with Crippen LogP contribution in [-0.4, -0.2) is 16.1 Å². The van der Waals surface area contributed by atoms with Gasteiger partial charge in [-0.2, -0.15) is 0 Å². The molecule has 0 amide bonds. The van der Waals surface area contributed by atoms with Crippen molar-refractivity contribution in [2.75, 3.05) is 11.1 Å². The minimum atomic E-state index is -1.04. The van der Waals surface area contributed by atoms with Crippen LogP contribution in [0.3, 0.4) is 0 Å². The normalized spacial score (nSPS) is 10.2. The number of aryl methyl sites for hydroxylation is 2. The van der Waals surface area contributed by atoms with Gasteiger partial charge in [0.2, 0.25) is 0 Å². The summed E-state index contributed by atoms with van der Waals surface area (Å²) in [5.74, 6) is -0.587. The first-order valence-corrected chi connectivity index (χ1v) is 5.80. The van der Waals surface area contributed by atoms with Crippen LogP contribution in [0.15, 0.2) is 30.5 Å². The molecule has 98 valence electrons. The Labute approximate surface area is 111 Å². The summed E-state index contributed by atoms with van der Waals surface area (Å²) in [6.45, 7) is 3.97. The Morgan fingerprint density at radius 3 is 2.68 bits per heavy atom. The Kier molecular flexibility index (Phi) is 3.37. The zero-order chi connectivity index (χ0) is 14.0. The van der Waals surface area contributed by atoms with Gasteiger partial charge in [0.15, 0.2) is 5.82 Å². The maximum atomic E-state index is 10.8. The molecule has 0 fully saturated rings. The number of aromatic nitrogens is 1. The van der Waals surface area contributed by atoms with Crippen molar-refractivity contribution >= 4 is 23.2 Å². The van der Waals surface area contributed by atoms with E-state index in [1.54, 1.807) is 0 Å². The Bertz CT molecular complexity index is 639. The van der Waals surface area contributed by atoms with Crippen molar-refractivity contribution < 1.29 is 9.90 Å². The fraction of sp³-hybridized carbons (Fsp3) is 0.143. The van der Waals surface area contributed by atoms with Gasteiger partial charge in [-0.25, -0.2) is 9.78 Å². The summed E-state index contributed by atoms with van der Waals surface area (Å²) in [5.41, 5.74) is 9.27. The van der Waals surface area contributed by atoms with Crippen LogP contribution in [0.2, 0.25) is 0 Å². The highest BCUT2D eigenvalue weighted by atomic mass is 16.4. The Hall–Kier alpha value is -2.56. The van der Waals surface area contributed by atoms with E-state index in [0.717, 1.165) is 16.8 Å². The highest BCUT2D eigenvalue weighted by Gasteiger charge is 2.08. The number of nitrogens with two attached hydrogens (primary N) is 1. The number of anilines is 3. The highest BCUT2D eigenvalue weighted by molar-refractivity contribution is 5.89. The molecule has 2 aromatic rings. The molecule has 0 aliphatic heterocycles. The first kappa shape index (κ1) is 12.9. The molecule has 4 N–H and O–H groups in total. The average Bonchev–Trinajstić information content (AvgIpc) is 2.36. The van der Waals surface area contributed by atoms with Gasteiger partial charge in [-0.05, 0) is 37.1 Å². The van der Waals surface area contributed by atoms with E-state index in [2.05, 4.69) is 10.3 Å². The van der Waals surface area contributed by atoms with E-state index in [1.807, 2.05) is 32.0 Å². The lowest BCUT2D eigenvalue weighted by atomic mass is 10.1.